The van der Waals surface area contributed by atoms with Crippen LogP contribution in [0.2, 0.25) is 5.02 Å². The van der Waals surface area contributed by atoms with Gasteiger partial charge in [-0.05, 0) is 48.7 Å². The smallest absolute Gasteiger partial charge is 0.255 e. The van der Waals surface area contributed by atoms with Crippen LogP contribution < -0.4 is 5.32 Å². The number of amides is 2. The van der Waals surface area contributed by atoms with Gasteiger partial charge in [-0.25, -0.2) is 0 Å². The Hall–Kier alpha value is -2.59. The van der Waals surface area contributed by atoms with Crippen LogP contribution in [0.4, 0.5) is 5.69 Å². The van der Waals surface area contributed by atoms with E-state index in [1.54, 1.807) is 30.3 Å². The Morgan fingerprint density at radius 2 is 1.71 bits per heavy atom. The van der Waals surface area contributed by atoms with Gasteiger partial charge in [0.25, 0.3) is 5.91 Å². The van der Waals surface area contributed by atoms with E-state index >= 15 is 0 Å². The second kappa shape index (κ2) is 9.56. The van der Waals surface area contributed by atoms with Gasteiger partial charge in [0.05, 0.1) is 11.3 Å². The fourth-order valence-corrected chi connectivity index (χ4v) is 3.65. The molecular weight excluding hydrogens is 372 g/mol. The fraction of sp³-hybridized carbons (Fsp3) is 0.304. The average molecular weight is 397 g/mol. The Morgan fingerprint density at radius 1 is 1.04 bits per heavy atom. The lowest BCUT2D eigenvalue weighted by Gasteiger charge is -2.31. The highest BCUT2D eigenvalue weighted by Crippen LogP contribution is 2.25. The van der Waals surface area contributed by atoms with Crippen LogP contribution in [0.15, 0.2) is 54.6 Å². The van der Waals surface area contributed by atoms with Gasteiger partial charge in [-0.2, -0.15) is 0 Å². The molecule has 1 fully saturated rings. The number of para-hydroxylation sites is 1. The van der Waals surface area contributed by atoms with Gasteiger partial charge >= 0.3 is 0 Å². The number of halogens is 1. The Labute approximate surface area is 171 Å². The first-order valence-electron chi connectivity index (χ1n) is 9.65. The van der Waals surface area contributed by atoms with Crippen molar-refractivity contribution in [2.45, 2.75) is 38.1 Å². The molecule has 0 radical (unpaired) electrons. The van der Waals surface area contributed by atoms with Crippen molar-refractivity contribution in [3.63, 3.8) is 0 Å². The Balaban J connectivity index is 1.69. The summed E-state index contributed by atoms with van der Waals surface area (Å²) in [6.07, 6.45) is 8.82. The summed E-state index contributed by atoms with van der Waals surface area (Å²) in [5, 5.41) is 3.48. The summed E-state index contributed by atoms with van der Waals surface area (Å²) in [4.78, 5) is 27.2. The molecule has 5 heteroatoms. The quantitative estimate of drug-likeness (QED) is 0.688. The van der Waals surface area contributed by atoms with Gasteiger partial charge in [0.2, 0.25) is 5.91 Å². The number of carbonyl (C=O) groups is 2. The van der Waals surface area contributed by atoms with Crippen LogP contribution in [0, 0.1) is 0 Å². The number of anilines is 1. The van der Waals surface area contributed by atoms with E-state index in [1.165, 1.54) is 12.5 Å². The van der Waals surface area contributed by atoms with Gasteiger partial charge in [-0.1, -0.05) is 55.1 Å². The lowest BCUT2D eigenvalue weighted by atomic mass is 9.94. The maximum Gasteiger partial charge on any atom is 0.255 e. The van der Waals surface area contributed by atoms with E-state index in [0.717, 1.165) is 31.2 Å². The molecule has 28 heavy (non-hydrogen) atoms. The van der Waals surface area contributed by atoms with Crippen molar-refractivity contribution in [3.8, 4) is 0 Å². The van der Waals surface area contributed by atoms with Crippen molar-refractivity contribution in [1.29, 1.82) is 0 Å². The van der Waals surface area contributed by atoms with Crippen LogP contribution in [-0.2, 0) is 4.79 Å². The molecule has 0 saturated heterocycles. The fourth-order valence-electron chi connectivity index (χ4n) is 3.52. The third-order valence-electron chi connectivity index (χ3n) is 5.16. The van der Waals surface area contributed by atoms with Crippen molar-refractivity contribution >= 4 is 35.2 Å². The molecule has 0 aromatic heterocycles. The summed E-state index contributed by atoms with van der Waals surface area (Å²) in [5.41, 5.74) is 1.92. The minimum absolute atomic E-state index is 0.0514. The maximum absolute atomic E-state index is 13.0. The highest BCUT2D eigenvalue weighted by Gasteiger charge is 2.24. The number of carbonyl (C=O) groups excluding carboxylic acids is 2. The minimum Gasteiger partial charge on any atom is -0.339 e. The number of nitrogens with zero attached hydrogens (tertiary/aromatic N) is 1. The van der Waals surface area contributed by atoms with E-state index in [9.17, 15) is 9.59 Å². The van der Waals surface area contributed by atoms with Gasteiger partial charge < -0.3 is 10.2 Å². The summed E-state index contributed by atoms with van der Waals surface area (Å²) in [6, 6.07) is 14.6. The van der Waals surface area contributed by atoms with Crippen molar-refractivity contribution in [1.82, 2.24) is 4.90 Å². The molecular formula is C23H25ClN2O2. The summed E-state index contributed by atoms with van der Waals surface area (Å²) >= 11 is 5.87. The zero-order valence-electron chi connectivity index (χ0n) is 16.0. The number of nitrogens with one attached hydrogen (secondary N) is 1. The zero-order valence-corrected chi connectivity index (χ0v) is 16.8. The molecule has 0 spiro atoms. The highest BCUT2D eigenvalue weighted by atomic mass is 35.5. The third kappa shape index (κ3) is 5.23. The van der Waals surface area contributed by atoms with Crippen LogP contribution in [0.5, 0.6) is 0 Å². The molecule has 0 bridgehead atoms. The molecule has 146 valence electrons. The van der Waals surface area contributed by atoms with Crippen LogP contribution in [0.3, 0.4) is 0 Å². The highest BCUT2D eigenvalue weighted by molar-refractivity contribution is 6.30. The van der Waals surface area contributed by atoms with Crippen LogP contribution in [0.1, 0.15) is 48.0 Å². The van der Waals surface area contributed by atoms with Gasteiger partial charge in [-0.3, -0.25) is 9.59 Å². The lowest BCUT2D eigenvalue weighted by Crippen LogP contribution is -2.38. The lowest BCUT2D eigenvalue weighted by molar-refractivity contribution is -0.111. The van der Waals surface area contributed by atoms with Gasteiger partial charge in [0.1, 0.15) is 0 Å². The van der Waals surface area contributed by atoms with Crippen molar-refractivity contribution in [2.24, 2.45) is 0 Å². The molecule has 0 unspecified atom stereocenters. The maximum atomic E-state index is 13.0. The van der Waals surface area contributed by atoms with E-state index in [0.29, 0.717) is 16.3 Å². The topological polar surface area (TPSA) is 49.4 Å². The number of hydrogen-bond donors (Lipinski definition) is 1. The molecule has 2 aromatic rings. The van der Waals surface area contributed by atoms with Crippen LogP contribution in [-0.4, -0.2) is 29.8 Å². The predicted molar refractivity (Wildman–Crippen MR) is 115 cm³/mol. The Morgan fingerprint density at radius 3 is 2.43 bits per heavy atom. The normalized spacial score (nSPS) is 14.8. The zero-order chi connectivity index (χ0) is 19.9. The van der Waals surface area contributed by atoms with Crippen molar-refractivity contribution in [3.05, 3.63) is 70.8 Å². The Kier molecular flexibility index (Phi) is 6.88. The standard InChI is InChI=1S/C23H25ClN2O2/c1-26(19-7-3-2-4-8-19)23(28)20-9-5-6-10-21(20)25-22(27)16-13-17-11-14-18(24)15-12-17/h5-6,9-16,19H,2-4,7-8H2,1H3,(H,25,27)/b16-13+. The van der Waals surface area contributed by atoms with Crippen molar-refractivity contribution < 1.29 is 9.59 Å². The van der Waals surface area contributed by atoms with E-state index in [2.05, 4.69) is 5.32 Å². The monoisotopic (exact) mass is 396 g/mol. The second-order valence-corrected chi connectivity index (χ2v) is 7.56. The second-order valence-electron chi connectivity index (χ2n) is 7.13. The van der Waals surface area contributed by atoms with Crippen LogP contribution in [0.25, 0.3) is 6.08 Å². The molecule has 0 heterocycles. The first kappa shape index (κ1) is 20.2. The van der Waals surface area contributed by atoms with E-state index in [1.807, 2.05) is 36.2 Å². The van der Waals surface area contributed by atoms with E-state index < -0.39 is 0 Å². The largest absolute Gasteiger partial charge is 0.339 e. The molecule has 0 aliphatic heterocycles. The molecule has 4 nitrogen and oxygen atoms in total. The molecule has 2 amide bonds. The number of benzene rings is 2. The van der Waals surface area contributed by atoms with Gasteiger partial charge in [0, 0.05) is 24.2 Å². The van der Waals surface area contributed by atoms with Gasteiger partial charge in [0.15, 0.2) is 0 Å². The average Bonchev–Trinajstić information content (AvgIpc) is 2.73. The first-order chi connectivity index (χ1) is 13.5. The first-order valence-corrected chi connectivity index (χ1v) is 10.0. The SMILES string of the molecule is CN(C(=O)c1ccccc1NC(=O)/C=C/c1ccc(Cl)cc1)C1CCCCC1. The molecule has 0 atom stereocenters. The summed E-state index contributed by atoms with van der Waals surface area (Å²) in [5.74, 6) is -0.333. The molecule has 3 rings (SSSR count). The minimum atomic E-state index is -0.282. The summed E-state index contributed by atoms with van der Waals surface area (Å²) in [7, 11) is 1.86. The van der Waals surface area contributed by atoms with E-state index in [-0.39, 0.29) is 17.9 Å². The number of rotatable bonds is 5. The summed E-state index contributed by atoms with van der Waals surface area (Å²) in [6.45, 7) is 0. The third-order valence-corrected chi connectivity index (χ3v) is 5.41. The molecule has 1 aliphatic carbocycles. The Bertz CT molecular complexity index is 855. The molecule has 1 N–H and O–H groups in total. The summed E-state index contributed by atoms with van der Waals surface area (Å²) < 4.78 is 0. The van der Waals surface area contributed by atoms with Crippen molar-refractivity contribution in [2.75, 3.05) is 12.4 Å². The molecule has 2 aromatic carbocycles. The van der Waals surface area contributed by atoms with E-state index in [4.69, 9.17) is 11.6 Å². The van der Waals surface area contributed by atoms with Crippen LogP contribution >= 0.6 is 11.6 Å². The number of hydrogen-bond acceptors (Lipinski definition) is 2. The molecule has 1 saturated carbocycles. The van der Waals surface area contributed by atoms with Gasteiger partial charge in [-0.15, -0.1) is 0 Å². The molecule has 1 aliphatic rings. The predicted octanol–water partition coefficient (Wildman–Crippen LogP) is 5.40.